The summed E-state index contributed by atoms with van der Waals surface area (Å²) < 4.78 is 0. The van der Waals surface area contributed by atoms with Gasteiger partial charge in [-0.05, 0) is 62.7 Å². The average molecular weight is 242 g/mol. The van der Waals surface area contributed by atoms with Crippen molar-refractivity contribution in [2.75, 3.05) is 37.7 Å². The molecule has 2 nitrogen and oxygen atoms in total. The van der Waals surface area contributed by atoms with Gasteiger partial charge in [-0.1, -0.05) is 6.92 Å². The molecule has 94 valence electrons. The molecular formula is C13H26N2S. The van der Waals surface area contributed by atoms with E-state index in [4.69, 9.17) is 0 Å². The molecule has 0 saturated carbocycles. The normalized spacial score (nSPS) is 29.4. The third kappa shape index (κ3) is 3.94. The molecule has 2 aliphatic rings. The van der Waals surface area contributed by atoms with Gasteiger partial charge in [0.05, 0.1) is 0 Å². The lowest BCUT2D eigenvalue weighted by Crippen LogP contribution is -2.42. The van der Waals surface area contributed by atoms with Gasteiger partial charge in [0, 0.05) is 12.6 Å². The number of thioether (sulfide) groups is 1. The molecule has 1 N–H and O–H groups in total. The lowest BCUT2D eigenvalue weighted by atomic mass is 9.97. The summed E-state index contributed by atoms with van der Waals surface area (Å²) >= 11 is 2.12. The summed E-state index contributed by atoms with van der Waals surface area (Å²) in [5.41, 5.74) is 0. The lowest BCUT2D eigenvalue weighted by Gasteiger charge is -2.33. The predicted octanol–water partition coefficient (Wildman–Crippen LogP) is 2.20. The minimum atomic E-state index is 0.818. The monoisotopic (exact) mass is 242 g/mol. The number of nitrogens with zero attached hydrogens (tertiary/aromatic N) is 1. The predicted molar refractivity (Wildman–Crippen MR) is 73.2 cm³/mol. The summed E-state index contributed by atoms with van der Waals surface area (Å²) in [5, 5.41) is 3.80. The quantitative estimate of drug-likeness (QED) is 0.814. The van der Waals surface area contributed by atoms with Crippen molar-refractivity contribution in [3.05, 3.63) is 0 Å². The van der Waals surface area contributed by atoms with E-state index >= 15 is 0 Å². The van der Waals surface area contributed by atoms with E-state index in [1.54, 1.807) is 0 Å². The number of likely N-dealkylation sites (tertiary alicyclic amines) is 1. The molecular weight excluding hydrogens is 216 g/mol. The SMILES string of the molecule is CCN1CCCC(CNC2CCSCC2)C1. The van der Waals surface area contributed by atoms with Crippen LogP contribution in [0.15, 0.2) is 0 Å². The van der Waals surface area contributed by atoms with Crippen LogP contribution in [-0.2, 0) is 0 Å². The van der Waals surface area contributed by atoms with E-state index in [9.17, 15) is 0 Å². The van der Waals surface area contributed by atoms with E-state index in [0.29, 0.717) is 0 Å². The highest BCUT2D eigenvalue weighted by atomic mass is 32.2. The second-order valence-electron chi connectivity index (χ2n) is 5.20. The van der Waals surface area contributed by atoms with Crippen LogP contribution in [0.5, 0.6) is 0 Å². The summed E-state index contributed by atoms with van der Waals surface area (Å²) in [5.74, 6) is 3.63. The third-order valence-corrected chi connectivity index (χ3v) is 5.02. The molecule has 0 aromatic carbocycles. The molecule has 2 heterocycles. The second-order valence-corrected chi connectivity index (χ2v) is 6.42. The molecule has 0 radical (unpaired) electrons. The fourth-order valence-corrected chi connectivity index (χ4v) is 3.95. The van der Waals surface area contributed by atoms with E-state index in [1.807, 2.05) is 0 Å². The first kappa shape index (κ1) is 12.7. The van der Waals surface area contributed by atoms with Crippen LogP contribution in [0.2, 0.25) is 0 Å². The van der Waals surface area contributed by atoms with Gasteiger partial charge in [0.1, 0.15) is 0 Å². The Balaban J connectivity index is 1.64. The van der Waals surface area contributed by atoms with Crippen molar-refractivity contribution in [1.82, 2.24) is 10.2 Å². The van der Waals surface area contributed by atoms with E-state index in [0.717, 1.165) is 12.0 Å². The van der Waals surface area contributed by atoms with Crippen molar-refractivity contribution in [3.8, 4) is 0 Å². The van der Waals surface area contributed by atoms with Crippen molar-refractivity contribution < 1.29 is 0 Å². The summed E-state index contributed by atoms with van der Waals surface area (Å²) in [6, 6.07) is 0.818. The van der Waals surface area contributed by atoms with Gasteiger partial charge >= 0.3 is 0 Å². The van der Waals surface area contributed by atoms with Crippen LogP contribution >= 0.6 is 11.8 Å². The first-order valence-corrected chi connectivity index (χ1v) is 8.07. The first-order valence-electron chi connectivity index (χ1n) is 6.92. The Labute approximate surface area is 105 Å². The third-order valence-electron chi connectivity index (χ3n) is 3.97. The largest absolute Gasteiger partial charge is 0.314 e. The van der Waals surface area contributed by atoms with Gasteiger partial charge in [-0.15, -0.1) is 0 Å². The zero-order chi connectivity index (χ0) is 11.2. The number of hydrogen-bond acceptors (Lipinski definition) is 3. The molecule has 0 aliphatic carbocycles. The van der Waals surface area contributed by atoms with Crippen LogP contribution in [0.3, 0.4) is 0 Å². The Kier molecular flexibility index (Phi) is 5.46. The van der Waals surface area contributed by atoms with Crippen molar-refractivity contribution in [3.63, 3.8) is 0 Å². The van der Waals surface area contributed by atoms with Crippen molar-refractivity contribution in [1.29, 1.82) is 0 Å². The molecule has 0 bridgehead atoms. The second kappa shape index (κ2) is 6.87. The lowest BCUT2D eigenvalue weighted by molar-refractivity contribution is 0.177. The molecule has 0 aromatic rings. The molecule has 2 fully saturated rings. The highest BCUT2D eigenvalue weighted by Gasteiger charge is 2.20. The average Bonchev–Trinajstić information content (AvgIpc) is 2.38. The number of rotatable bonds is 4. The van der Waals surface area contributed by atoms with Crippen LogP contribution in [0.4, 0.5) is 0 Å². The molecule has 0 spiro atoms. The minimum absolute atomic E-state index is 0.818. The molecule has 0 amide bonds. The number of nitrogens with one attached hydrogen (secondary N) is 1. The van der Waals surface area contributed by atoms with E-state index in [2.05, 4.69) is 28.9 Å². The molecule has 16 heavy (non-hydrogen) atoms. The first-order chi connectivity index (χ1) is 7.88. The fourth-order valence-electron chi connectivity index (χ4n) is 2.84. The number of hydrogen-bond donors (Lipinski definition) is 1. The zero-order valence-corrected chi connectivity index (χ0v) is 11.4. The van der Waals surface area contributed by atoms with Gasteiger partial charge in [-0.2, -0.15) is 11.8 Å². The highest BCUT2D eigenvalue weighted by molar-refractivity contribution is 7.99. The smallest absolute Gasteiger partial charge is 0.00828 e. The maximum atomic E-state index is 3.80. The van der Waals surface area contributed by atoms with Gasteiger partial charge < -0.3 is 10.2 Å². The molecule has 2 rings (SSSR count). The molecule has 2 aliphatic heterocycles. The van der Waals surface area contributed by atoms with Crippen LogP contribution in [0, 0.1) is 5.92 Å². The van der Waals surface area contributed by atoms with Gasteiger partial charge in [-0.3, -0.25) is 0 Å². The van der Waals surface area contributed by atoms with Crippen LogP contribution in [0.1, 0.15) is 32.6 Å². The van der Waals surface area contributed by atoms with Gasteiger partial charge in [0.25, 0.3) is 0 Å². The maximum Gasteiger partial charge on any atom is 0.00828 e. The Morgan fingerprint density at radius 3 is 2.81 bits per heavy atom. The summed E-state index contributed by atoms with van der Waals surface area (Å²) in [6.45, 7) is 7.43. The van der Waals surface area contributed by atoms with Gasteiger partial charge in [-0.25, -0.2) is 0 Å². The maximum absolute atomic E-state index is 3.80. The molecule has 2 saturated heterocycles. The zero-order valence-electron chi connectivity index (χ0n) is 10.6. The topological polar surface area (TPSA) is 15.3 Å². The van der Waals surface area contributed by atoms with Crippen LogP contribution < -0.4 is 5.32 Å². The summed E-state index contributed by atoms with van der Waals surface area (Å²) in [7, 11) is 0. The molecule has 0 aromatic heterocycles. The van der Waals surface area contributed by atoms with Crippen LogP contribution in [0.25, 0.3) is 0 Å². The summed E-state index contributed by atoms with van der Waals surface area (Å²) in [4.78, 5) is 2.60. The van der Waals surface area contributed by atoms with Crippen molar-refractivity contribution in [2.45, 2.75) is 38.6 Å². The highest BCUT2D eigenvalue weighted by Crippen LogP contribution is 2.19. The Morgan fingerprint density at radius 2 is 2.06 bits per heavy atom. The number of piperidine rings is 1. The summed E-state index contributed by atoms with van der Waals surface area (Å²) in [6.07, 6.45) is 5.61. The van der Waals surface area contributed by atoms with Crippen LogP contribution in [-0.4, -0.2) is 48.6 Å². The Hall–Kier alpha value is 0.270. The fraction of sp³-hybridized carbons (Fsp3) is 1.00. The molecule has 1 unspecified atom stereocenters. The molecule has 3 heteroatoms. The standard InChI is InChI=1S/C13H26N2S/c1-2-15-7-3-4-12(11-15)10-14-13-5-8-16-9-6-13/h12-14H,2-11H2,1H3. The molecule has 1 atom stereocenters. The van der Waals surface area contributed by atoms with Crippen molar-refractivity contribution >= 4 is 11.8 Å². The Morgan fingerprint density at radius 1 is 1.25 bits per heavy atom. The van der Waals surface area contributed by atoms with E-state index < -0.39 is 0 Å². The van der Waals surface area contributed by atoms with E-state index in [-0.39, 0.29) is 0 Å². The van der Waals surface area contributed by atoms with E-state index in [1.165, 1.54) is 63.4 Å². The van der Waals surface area contributed by atoms with Crippen molar-refractivity contribution in [2.24, 2.45) is 5.92 Å². The van der Waals surface area contributed by atoms with Gasteiger partial charge in [0.2, 0.25) is 0 Å². The van der Waals surface area contributed by atoms with Gasteiger partial charge in [0.15, 0.2) is 0 Å². The minimum Gasteiger partial charge on any atom is -0.314 e. The Bertz CT molecular complexity index is 192.